The van der Waals surface area contributed by atoms with Crippen LogP contribution in [0.15, 0.2) is 28.8 Å². The Balaban J connectivity index is 1.57. The number of nitrogens with one attached hydrogen (secondary N) is 2. The van der Waals surface area contributed by atoms with Gasteiger partial charge in [0.1, 0.15) is 23.9 Å². The summed E-state index contributed by atoms with van der Waals surface area (Å²) >= 11 is 5.17. The highest BCUT2D eigenvalue weighted by atomic mass is 32.1. The van der Waals surface area contributed by atoms with E-state index in [4.69, 9.17) is 21.5 Å². The van der Waals surface area contributed by atoms with Crippen LogP contribution in [0.3, 0.4) is 0 Å². The maximum atomic E-state index is 12.4. The summed E-state index contributed by atoms with van der Waals surface area (Å²) in [5.74, 6) is 2.00. The van der Waals surface area contributed by atoms with Crippen molar-refractivity contribution in [1.82, 2.24) is 25.2 Å². The fourth-order valence-electron chi connectivity index (χ4n) is 2.85. The molecule has 8 nitrogen and oxygen atoms in total. The molecular weight excluding hydrogens is 378 g/mol. The molecule has 2 N–H and O–H groups in total. The second-order valence-corrected chi connectivity index (χ2v) is 6.70. The van der Waals surface area contributed by atoms with E-state index in [2.05, 4.69) is 20.7 Å². The van der Waals surface area contributed by atoms with Crippen LogP contribution >= 0.6 is 12.2 Å². The van der Waals surface area contributed by atoms with E-state index in [0.717, 1.165) is 29.4 Å². The summed E-state index contributed by atoms with van der Waals surface area (Å²) in [7, 11) is 0. The van der Waals surface area contributed by atoms with Gasteiger partial charge >= 0.3 is 0 Å². The molecule has 3 rings (SSSR count). The lowest BCUT2D eigenvalue weighted by atomic mass is 10.2. The number of amides is 1. The molecule has 0 saturated heterocycles. The van der Waals surface area contributed by atoms with Crippen molar-refractivity contribution >= 4 is 18.1 Å². The Morgan fingerprint density at radius 3 is 2.93 bits per heavy atom. The summed E-state index contributed by atoms with van der Waals surface area (Å²) in [6.45, 7) is 7.26. The first-order chi connectivity index (χ1) is 13.5. The maximum absolute atomic E-state index is 12.4. The summed E-state index contributed by atoms with van der Waals surface area (Å²) in [6.07, 6.45) is 0.592. The van der Waals surface area contributed by atoms with Gasteiger partial charge in [-0.05, 0) is 51.2 Å². The van der Waals surface area contributed by atoms with Crippen LogP contribution in [0.1, 0.15) is 40.1 Å². The first kappa shape index (κ1) is 19.8. The van der Waals surface area contributed by atoms with Gasteiger partial charge in [0.25, 0.3) is 5.91 Å². The number of aryl methyl sites for hydroxylation is 2. The third kappa shape index (κ3) is 4.48. The minimum atomic E-state index is -0.167. The second kappa shape index (κ2) is 8.83. The van der Waals surface area contributed by atoms with Gasteiger partial charge in [-0.2, -0.15) is 5.10 Å². The van der Waals surface area contributed by atoms with Crippen molar-refractivity contribution in [2.45, 2.75) is 40.3 Å². The van der Waals surface area contributed by atoms with Crippen LogP contribution < -0.4 is 10.1 Å². The van der Waals surface area contributed by atoms with Crippen LogP contribution in [-0.2, 0) is 19.6 Å². The monoisotopic (exact) mass is 401 g/mol. The smallest absolute Gasteiger partial charge is 0.251 e. The second-order valence-electron chi connectivity index (χ2n) is 6.31. The summed E-state index contributed by atoms with van der Waals surface area (Å²) in [6, 6.07) is 7.07. The molecular formula is C19H23N5O3S. The molecule has 0 atom stereocenters. The Morgan fingerprint density at radius 2 is 2.21 bits per heavy atom. The van der Waals surface area contributed by atoms with E-state index in [1.165, 1.54) is 0 Å². The molecule has 0 unspecified atom stereocenters. The molecule has 2 heterocycles. The third-order valence-electron chi connectivity index (χ3n) is 4.45. The van der Waals surface area contributed by atoms with E-state index >= 15 is 0 Å². The summed E-state index contributed by atoms with van der Waals surface area (Å²) in [5.41, 5.74) is 2.25. The number of carbonyl (C=O) groups excluding carboxylic acids is 1. The first-order valence-electron chi connectivity index (χ1n) is 9.06. The quantitative estimate of drug-likeness (QED) is 0.563. The van der Waals surface area contributed by atoms with Gasteiger partial charge in [0.15, 0.2) is 4.77 Å². The van der Waals surface area contributed by atoms with Crippen molar-refractivity contribution in [3.05, 3.63) is 57.4 Å². The van der Waals surface area contributed by atoms with Crippen LogP contribution in [0.5, 0.6) is 5.75 Å². The van der Waals surface area contributed by atoms with Crippen LogP contribution in [0.25, 0.3) is 0 Å². The highest BCUT2D eigenvalue weighted by Gasteiger charge is 2.11. The SMILES string of the molecule is CCn1c(CCNC(=O)c2cccc(OCc3c(C)noc3C)c2)n[nH]c1=S. The molecule has 3 aromatic rings. The van der Waals surface area contributed by atoms with Crippen LogP contribution in [0.2, 0.25) is 0 Å². The van der Waals surface area contributed by atoms with Crippen LogP contribution in [0.4, 0.5) is 0 Å². The molecule has 1 amide bonds. The molecule has 0 spiro atoms. The minimum absolute atomic E-state index is 0.167. The molecule has 1 aromatic carbocycles. The molecule has 2 aromatic heterocycles. The topological polar surface area (TPSA) is 98.0 Å². The predicted molar refractivity (Wildman–Crippen MR) is 106 cm³/mol. The molecule has 0 aliphatic heterocycles. The molecule has 9 heteroatoms. The van der Waals surface area contributed by atoms with E-state index in [1.54, 1.807) is 18.2 Å². The average Bonchev–Trinajstić information content (AvgIpc) is 3.21. The fourth-order valence-corrected chi connectivity index (χ4v) is 3.13. The van der Waals surface area contributed by atoms with Gasteiger partial charge in [-0.15, -0.1) is 0 Å². The average molecular weight is 401 g/mol. The molecule has 0 bridgehead atoms. The van der Waals surface area contributed by atoms with Crippen molar-refractivity contribution in [3.63, 3.8) is 0 Å². The van der Waals surface area contributed by atoms with Gasteiger partial charge in [-0.1, -0.05) is 11.2 Å². The number of carbonyl (C=O) groups is 1. The molecule has 148 valence electrons. The molecule has 0 fully saturated rings. The highest BCUT2D eigenvalue weighted by molar-refractivity contribution is 7.71. The summed E-state index contributed by atoms with van der Waals surface area (Å²) in [5, 5.41) is 13.8. The molecule has 0 aliphatic carbocycles. The lowest BCUT2D eigenvalue weighted by molar-refractivity contribution is 0.0953. The predicted octanol–water partition coefficient (Wildman–Crippen LogP) is 3.12. The number of H-pyrrole nitrogens is 1. The molecule has 0 saturated carbocycles. The normalized spacial score (nSPS) is 10.8. The van der Waals surface area contributed by atoms with Gasteiger partial charge in [-0.3, -0.25) is 9.89 Å². The van der Waals surface area contributed by atoms with Gasteiger partial charge < -0.3 is 19.1 Å². The number of hydrogen-bond acceptors (Lipinski definition) is 6. The lowest BCUT2D eigenvalue weighted by Crippen LogP contribution is -2.26. The van der Waals surface area contributed by atoms with Crippen LogP contribution in [0, 0.1) is 18.6 Å². The number of benzene rings is 1. The fraction of sp³-hybridized carbons (Fsp3) is 0.368. The molecule has 28 heavy (non-hydrogen) atoms. The zero-order chi connectivity index (χ0) is 20.1. The zero-order valence-corrected chi connectivity index (χ0v) is 16.9. The largest absolute Gasteiger partial charge is 0.489 e. The molecule has 0 radical (unpaired) electrons. The standard InChI is InChI=1S/C19H23N5O3S/c1-4-24-17(21-22-19(24)28)8-9-20-18(25)14-6-5-7-15(10-14)26-11-16-12(2)23-27-13(16)3/h5-7,10H,4,8-9,11H2,1-3H3,(H,20,25)(H,22,28). The number of aromatic nitrogens is 4. The number of hydrogen-bond donors (Lipinski definition) is 2. The van der Waals surface area contributed by atoms with Gasteiger partial charge in [0.05, 0.1) is 11.3 Å². The lowest BCUT2D eigenvalue weighted by Gasteiger charge is -2.09. The minimum Gasteiger partial charge on any atom is -0.489 e. The number of ether oxygens (including phenoxy) is 1. The Labute approximate surface area is 167 Å². The summed E-state index contributed by atoms with van der Waals surface area (Å²) < 4.78 is 13.4. The Kier molecular flexibility index (Phi) is 6.25. The van der Waals surface area contributed by atoms with Crippen molar-refractivity contribution in [3.8, 4) is 5.75 Å². The maximum Gasteiger partial charge on any atom is 0.251 e. The Hall–Kier alpha value is -2.94. The summed E-state index contributed by atoms with van der Waals surface area (Å²) in [4.78, 5) is 12.4. The zero-order valence-electron chi connectivity index (χ0n) is 16.1. The van der Waals surface area contributed by atoms with Gasteiger partial charge in [-0.25, -0.2) is 0 Å². The van der Waals surface area contributed by atoms with Gasteiger partial charge in [0, 0.05) is 25.1 Å². The number of rotatable bonds is 8. The van der Waals surface area contributed by atoms with Crippen molar-refractivity contribution in [2.24, 2.45) is 0 Å². The van der Waals surface area contributed by atoms with Gasteiger partial charge in [0.2, 0.25) is 0 Å². The van der Waals surface area contributed by atoms with E-state index < -0.39 is 0 Å². The number of aromatic amines is 1. The Bertz CT molecular complexity index is 1000. The van der Waals surface area contributed by atoms with E-state index in [0.29, 0.717) is 35.7 Å². The van der Waals surface area contributed by atoms with Crippen LogP contribution in [-0.4, -0.2) is 32.4 Å². The number of nitrogens with zero attached hydrogens (tertiary/aromatic N) is 3. The van der Waals surface area contributed by atoms with Crippen molar-refractivity contribution < 1.29 is 14.1 Å². The third-order valence-corrected chi connectivity index (χ3v) is 4.76. The highest BCUT2D eigenvalue weighted by Crippen LogP contribution is 2.18. The van der Waals surface area contributed by atoms with E-state index in [-0.39, 0.29) is 5.91 Å². The molecule has 0 aliphatic rings. The van der Waals surface area contributed by atoms with Crippen molar-refractivity contribution in [2.75, 3.05) is 6.54 Å². The van der Waals surface area contributed by atoms with Crippen molar-refractivity contribution in [1.29, 1.82) is 0 Å². The first-order valence-corrected chi connectivity index (χ1v) is 9.47. The Morgan fingerprint density at radius 1 is 1.39 bits per heavy atom. The van der Waals surface area contributed by atoms with E-state index in [1.807, 2.05) is 31.4 Å². The van der Waals surface area contributed by atoms with E-state index in [9.17, 15) is 4.79 Å².